The number of rotatable bonds is 2. The van der Waals surface area contributed by atoms with Crippen molar-refractivity contribution in [1.29, 1.82) is 0 Å². The standard InChI is InChI=1S/C19H26N4O2.ClH/c1-12(2)22-16-6-4-5-7-17(16)23(19(22)25)18(24)20-13-10-14-8-9-15(11-13)21(14)3;/h4-7,12-15H,8-11H2,1-3H3,(H,20,24);1H/t13?,14-,15?;/m0./s1. The number of nitrogens with one attached hydrogen (secondary N) is 1. The summed E-state index contributed by atoms with van der Waals surface area (Å²) in [6.45, 7) is 3.93. The van der Waals surface area contributed by atoms with Crippen LogP contribution in [0.4, 0.5) is 4.79 Å². The predicted octanol–water partition coefficient (Wildman–Crippen LogP) is 2.99. The molecule has 0 saturated carbocycles. The van der Waals surface area contributed by atoms with Crippen LogP contribution < -0.4 is 11.0 Å². The van der Waals surface area contributed by atoms with E-state index < -0.39 is 0 Å². The first-order chi connectivity index (χ1) is 12.0. The zero-order valence-electron chi connectivity index (χ0n) is 15.5. The van der Waals surface area contributed by atoms with Crippen LogP contribution in [0, 0.1) is 0 Å². The van der Waals surface area contributed by atoms with Gasteiger partial charge in [0.25, 0.3) is 0 Å². The Labute approximate surface area is 159 Å². The summed E-state index contributed by atoms with van der Waals surface area (Å²) in [6.07, 6.45) is 4.35. The maximum atomic E-state index is 12.9. The van der Waals surface area contributed by atoms with E-state index in [4.69, 9.17) is 0 Å². The molecule has 2 aliphatic rings. The lowest BCUT2D eigenvalue weighted by Crippen LogP contribution is -2.50. The average molecular weight is 379 g/mol. The lowest BCUT2D eigenvalue weighted by molar-refractivity contribution is 0.149. The molecule has 3 atom stereocenters. The molecule has 0 spiro atoms. The van der Waals surface area contributed by atoms with Crippen molar-refractivity contribution in [3.63, 3.8) is 0 Å². The maximum absolute atomic E-state index is 12.9. The van der Waals surface area contributed by atoms with Crippen molar-refractivity contribution in [3.8, 4) is 0 Å². The van der Waals surface area contributed by atoms with Gasteiger partial charge < -0.3 is 10.2 Å². The normalized spacial score (nSPS) is 25.5. The highest BCUT2D eigenvalue weighted by molar-refractivity contribution is 5.89. The number of hydrogen-bond acceptors (Lipinski definition) is 3. The zero-order chi connectivity index (χ0) is 17.7. The molecular weight excluding hydrogens is 352 g/mol. The number of hydrogen-bond donors (Lipinski definition) is 1. The Balaban J connectivity index is 0.00000196. The van der Waals surface area contributed by atoms with Gasteiger partial charge in [-0.15, -0.1) is 12.4 Å². The number of fused-ring (bicyclic) bond motifs is 3. The number of piperidine rings is 1. The Morgan fingerprint density at radius 2 is 1.69 bits per heavy atom. The summed E-state index contributed by atoms with van der Waals surface area (Å²) in [5.41, 5.74) is 1.22. The Morgan fingerprint density at radius 3 is 2.27 bits per heavy atom. The quantitative estimate of drug-likeness (QED) is 0.873. The minimum atomic E-state index is -0.297. The number of para-hydroxylation sites is 2. The van der Waals surface area contributed by atoms with E-state index in [9.17, 15) is 9.59 Å². The zero-order valence-corrected chi connectivity index (χ0v) is 16.3. The summed E-state index contributed by atoms with van der Waals surface area (Å²) >= 11 is 0. The van der Waals surface area contributed by atoms with Crippen LogP contribution in [-0.4, -0.2) is 45.2 Å². The van der Waals surface area contributed by atoms with Gasteiger partial charge in [0.05, 0.1) is 11.0 Å². The van der Waals surface area contributed by atoms with E-state index in [1.165, 1.54) is 17.4 Å². The van der Waals surface area contributed by atoms with Crippen molar-refractivity contribution in [1.82, 2.24) is 19.4 Å². The molecule has 2 aliphatic heterocycles. The number of carbonyl (C=O) groups is 1. The number of amides is 1. The van der Waals surface area contributed by atoms with Crippen molar-refractivity contribution in [2.24, 2.45) is 0 Å². The molecule has 0 radical (unpaired) electrons. The third-order valence-corrected chi connectivity index (χ3v) is 5.92. The van der Waals surface area contributed by atoms with Gasteiger partial charge in [-0.2, -0.15) is 0 Å². The maximum Gasteiger partial charge on any atom is 0.337 e. The molecule has 142 valence electrons. The van der Waals surface area contributed by atoms with Gasteiger partial charge in [-0.1, -0.05) is 12.1 Å². The number of halogens is 1. The second kappa shape index (κ2) is 7.08. The van der Waals surface area contributed by atoms with Crippen molar-refractivity contribution >= 4 is 29.5 Å². The molecule has 6 nitrogen and oxygen atoms in total. The number of carbonyl (C=O) groups excluding carboxylic acids is 1. The van der Waals surface area contributed by atoms with E-state index in [1.54, 1.807) is 4.57 Å². The minimum Gasteiger partial charge on any atom is -0.334 e. The summed E-state index contributed by atoms with van der Waals surface area (Å²) in [6, 6.07) is 8.47. The van der Waals surface area contributed by atoms with Crippen LogP contribution in [0.2, 0.25) is 0 Å². The summed E-state index contributed by atoms with van der Waals surface area (Å²) in [5, 5.41) is 3.13. The number of nitrogens with zero attached hydrogens (tertiary/aromatic N) is 3. The monoisotopic (exact) mass is 378 g/mol. The molecule has 0 aliphatic carbocycles. The highest BCUT2D eigenvalue weighted by atomic mass is 35.5. The Kier molecular flexibility index (Phi) is 5.17. The second-order valence-electron chi connectivity index (χ2n) is 7.74. The van der Waals surface area contributed by atoms with Crippen LogP contribution >= 0.6 is 12.4 Å². The molecule has 2 aromatic rings. The van der Waals surface area contributed by atoms with Gasteiger partial charge in [-0.25, -0.2) is 14.2 Å². The lowest BCUT2D eigenvalue weighted by atomic mass is 9.98. The van der Waals surface area contributed by atoms with Gasteiger partial charge in [-0.05, 0) is 58.7 Å². The van der Waals surface area contributed by atoms with Gasteiger partial charge >= 0.3 is 11.7 Å². The molecule has 1 N–H and O–H groups in total. The molecule has 2 saturated heterocycles. The largest absolute Gasteiger partial charge is 0.337 e. The molecule has 1 amide bonds. The Bertz CT molecular complexity index is 858. The van der Waals surface area contributed by atoms with E-state index in [-0.39, 0.29) is 36.2 Å². The summed E-state index contributed by atoms with van der Waals surface area (Å²) in [5.74, 6) is 0. The molecule has 2 unspecified atom stereocenters. The fourth-order valence-corrected chi connectivity index (χ4v) is 4.63. The van der Waals surface area contributed by atoms with Crippen LogP contribution in [0.5, 0.6) is 0 Å². The van der Waals surface area contributed by atoms with Gasteiger partial charge in [0.15, 0.2) is 0 Å². The molecule has 2 bridgehead atoms. The smallest absolute Gasteiger partial charge is 0.334 e. The first-order valence-electron chi connectivity index (χ1n) is 9.22. The predicted molar refractivity (Wildman–Crippen MR) is 105 cm³/mol. The summed E-state index contributed by atoms with van der Waals surface area (Å²) in [7, 11) is 2.18. The van der Waals surface area contributed by atoms with Gasteiger partial charge in [0.2, 0.25) is 0 Å². The molecule has 26 heavy (non-hydrogen) atoms. The highest BCUT2D eigenvalue weighted by Crippen LogP contribution is 2.34. The molecular formula is C19H27ClN4O2. The third kappa shape index (κ3) is 2.95. The fourth-order valence-electron chi connectivity index (χ4n) is 4.63. The Morgan fingerprint density at radius 1 is 1.12 bits per heavy atom. The van der Waals surface area contributed by atoms with Crippen LogP contribution in [0.15, 0.2) is 29.1 Å². The first kappa shape index (κ1) is 19.0. The van der Waals surface area contributed by atoms with Crippen molar-refractivity contribution in [2.75, 3.05) is 7.05 Å². The number of aromatic nitrogens is 2. The molecule has 4 rings (SSSR count). The Hall–Kier alpha value is -1.79. The molecule has 1 aromatic carbocycles. The van der Waals surface area contributed by atoms with Crippen LogP contribution in [0.3, 0.4) is 0 Å². The van der Waals surface area contributed by atoms with Gasteiger partial charge in [-0.3, -0.25) is 4.57 Å². The van der Waals surface area contributed by atoms with E-state index in [0.717, 1.165) is 18.4 Å². The summed E-state index contributed by atoms with van der Waals surface area (Å²) in [4.78, 5) is 28.2. The van der Waals surface area contributed by atoms with Crippen LogP contribution in [0.25, 0.3) is 11.0 Å². The first-order valence-corrected chi connectivity index (χ1v) is 9.22. The lowest BCUT2D eigenvalue weighted by Gasteiger charge is -2.36. The van der Waals surface area contributed by atoms with Crippen molar-refractivity contribution in [3.05, 3.63) is 34.7 Å². The molecule has 3 heterocycles. The van der Waals surface area contributed by atoms with Gasteiger partial charge in [0.1, 0.15) is 0 Å². The SMILES string of the molecule is CC(C)n1c(=O)n(C(=O)NC2CC3CC[C@@H](C2)N3C)c2ccccc21.Cl. The fraction of sp³-hybridized carbons (Fsp3) is 0.579. The van der Waals surface area contributed by atoms with Crippen LogP contribution in [0.1, 0.15) is 45.6 Å². The molecule has 7 heteroatoms. The van der Waals surface area contributed by atoms with E-state index in [2.05, 4.69) is 17.3 Å². The van der Waals surface area contributed by atoms with Crippen molar-refractivity contribution in [2.45, 2.75) is 63.7 Å². The average Bonchev–Trinajstić information content (AvgIpc) is 2.95. The van der Waals surface area contributed by atoms with Crippen molar-refractivity contribution < 1.29 is 4.79 Å². The van der Waals surface area contributed by atoms with Crippen LogP contribution in [-0.2, 0) is 0 Å². The van der Waals surface area contributed by atoms with E-state index >= 15 is 0 Å². The highest BCUT2D eigenvalue weighted by Gasteiger charge is 2.39. The number of imidazole rings is 1. The van der Waals surface area contributed by atoms with Gasteiger partial charge in [0, 0.05) is 24.2 Å². The summed E-state index contributed by atoms with van der Waals surface area (Å²) < 4.78 is 2.99. The minimum absolute atomic E-state index is 0. The molecule has 2 fully saturated rings. The van der Waals surface area contributed by atoms with E-state index in [1.807, 2.05) is 38.1 Å². The third-order valence-electron chi connectivity index (χ3n) is 5.92. The topological polar surface area (TPSA) is 59.3 Å². The van der Waals surface area contributed by atoms with E-state index in [0.29, 0.717) is 17.6 Å². The molecule has 1 aromatic heterocycles. The number of benzene rings is 1. The second-order valence-corrected chi connectivity index (χ2v) is 7.74.